The van der Waals surface area contributed by atoms with Crippen LogP contribution in [0.15, 0.2) is 72.9 Å². The Morgan fingerprint density at radius 2 is 1.66 bits per heavy atom. The summed E-state index contributed by atoms with van der Waals surface area (Å²) >= 11 is 6.10. The van der Waals surface area contributed by atoms with Crippen molar-refractivity contribution in [2.45, 2.75) is 13.5 Å². The highest BCUT2D eigenvalue weighted by Gasteiger charge is 2.24. The Morgan fingerprint density at radius 1 is 0.938 bits per heavy atom. The molecule has 0 unspecified atom stereocenters. The molecule has 0 radical (unpaired) electrons. The molecule has 1 saturated heterocycles. The van der Waals surface area contributed by atoms with E-state index >= 15 is 0 Å². The van der Waals surface area contributed by atoms with Crippen molar-refractivity contribution in [1.82, 2.24) is 19.2 Å². The molecule has 1 aliphatic rings. The quantitative estimate of drug-likeness (QED) is 0.448. The van der Waals surface area contributed by atoms with Crippen LogP contribution < -0.4 is 0 Å². The summed E-state index contributed by atoms with van der Waals surface area (Å²) in [6.45, 7) is 5.91. The largest absolute Gasteiger partial charge is 0.336 e. The lowest BCUT2D eigenvalue weighted by atomic mass is 10.1. The molecule has 4 aromatic rings. The molecule has 3 heterocycles. The van der Waals surface area contributed by atoms with E-state index in [-0.39, 0.29) is 5.91 Å². The Hall–Kier alpha value is -3.15. The fourth-order valence-electron chi connectivity index (χ4n) is 4.24. The summed E-state index contributed by atoms with van der Waals surface area (Å²) in [6, 6.07) is 21.7. The first-order chi connectivity index (χ1) is 15.6. The number of pyridine rings is 1. The third-order valence-electron chi connectivity index (χ3n) is 6.08. The molecule has 0 aliphatic carbocycles. The summed E-state index contributed by atoms with van der Waals surface area (Å²) in [7, 11) is 0. The van der Waals surface area contributed by atoms with Crippen LogP contribution in [0.5, 0.6) is 0 Å². The highest BCUT2D eigenvalue weighted by atomic mass is 35.5. The number of benzene rings is 2. The molecule has 1 fully saturated rings. The lowest BCUT2D eigenvalue weighted by Gasteiger charge is -2.34. The molecule has 2 aromatic carbocycles. The Bertz CT molecular complexity index is 1240. The first-order valence-electron chi connectivity index (χ1n) is 10.9. The maximum absolute atomic E-state index is 12.9. The molecule has 0 spiro atoms. The fourth-order valence-corrected chi connectivity index (χ4v) is 4.36. The van der Waals surface area contributed by atoms with E-state index in [0.717, 1.165) is 66.4 Å². The van der Waals surface area contributed by atoms with Crippen LogP contribution in [-0.2, 0) is 6.54 Å². The molecule has 0 atom stereocenters. The van der Waals surface area contributed by atoms with E-state index in [4.69, 9.17) is 16.6 Å². The summed E-state index contributed by atoms with van der Waals surface area (Å²) in [4.78, 5) is 22.1. The van der Waals surface area contributed by atoms with Crippen molar-refractivity contribution in [2.24, 2.45) is 0 Å². The van der Waals surface area contributed by atoms with Gasteiger partial charge in [-0.3, -0.25) is 9.69 Å². The highest BCUT2D eigenvalue weighted by molar-refractivity contribution is 6.30. The molecular weight excluding hydrogens is 420 g/mol. The van der Waals surface area contributed by atoms with Crippen molar-refractivity contribution in [3.8, 4) is 11.3 Å². The van der Waals surface area contributed by atoms with E-state index in [1.165, 1.54) is 0 Å². The molecule has 6 heteroatoms. The van der Waals surface area contributed by atoms with Crippen LogP contribution in [0.2, 0.25) is 5.02 Å². The van der Waals surface area contributed by atoms with E-state index in [1.807, 2.05) is 78.6 Å². The lowest BCUT2D eigenvalue weighted by Crippen LogP contribution is -2.48. The minimum atomic E-state index is 0.112. The van der Waals surface area contributed by atoms with Gasteiger partial charge in [0.15, 0.2) is 0 Å². The van der Waals surface area contributed by atoms with Gasteiger partial charge in [-0.15, -0.1) is 0 Å². The van der Waals surface area contributed by atoms with Crippen LogP contribution in [0.4, 0.5) is 0 Å². The van der Waals surface area contributed by atoms with Crippen molar-refractivity contribution in [3.63, 3.8) is 0 Å². The summed E-state index contributed by atoms with van der Waals surface area (Å²) < 4.78 is 2.16. The molecule has 0 saturated carbocycles. The molecule has 0 bridgehead atoms. The number of hydrogen-bond donors (Lipinski definition) is 0. The van der Waals surface area contributed by atoms with Gasteiger partial charge < -0.3 is 9.30 Å². The Kier molecular flexibility index (Phi) is 5.68. The topological polar surface area (TPSA) is 40.9 Å². The summed E-state index contributed by atoms with van der Waals surface area (Å²) in [5, 5.41) is 0.716. The summed E-state index contributed by atoms with van der Waals surface area (Å²) in [6.07, 6.45) is 2.06. The smallest absolute Gasteiger partial charge is 0.253 e. The number of fused-ring (bicyclic) bond motifs is 1. The molecule has 5 rings (SSSR count). The number of carbonyl (C=O) groups excluding carboxylic acids is 1. The van der Waals surface area contributed by atoms with Crippen LogP contribution in [0.25, 0.3) is 16.9 Å². The molecule has 1 aliphatic heterocycles. The zero-order valence-corrected chi connectivity index (χ0v) is 18.8. The van der Waals surface area contributed by atoms with Gasteiger partial charge in [0.05, 0.1) is 11.4 Å². The van der Waals surface area contributed by atoms with Gasteiger partial charge in [0.25, 0.3) is 5.91 Å². The van der Waals surface area contributed by atoms with Gasteiger partial charge in [0, 0.05) is 55.1 Å². The average Bonchev–Trinajstić information content (AvgIpc) is 3.18. The molecule has 32 heavy (non-hydrogen) atoms. The molecule has 2 aromatic heterocycles. The maximum atomic E-state index is 12.9. The second-order valence-electron chi connectivity index (χ2n) is 8.28. The SMILES string of the molecule is Cc1ccc(C(=O)N2CCN(Cc3c(-c4ccc(Cl)cc4)nc4ccccn34)CC2)cc1. The van der Waals surface area contributed by atoms with Crippen molar-refractivity contribution >= 4 is 23.2 Å². The minimum Gasteiger partial charge on any atom is -0.336 e. The second kappa shape index (κ2) is 8.77. The van der Waals surface area contributed by atoms with E-state index in [1.54, 1.807) is 0 Å². The van der Waals surface area contributed by atoms with Crippen LogP contribution in [0, 0.1) is 6.92 Å². The Labute approximate surface area is 192 Å². The fraction of sp³-hybridized carbons (Fsp3) is 0.231. The second-order valence-corrected chi connectivity index (χ2v) is 8.71. The standard InChI is InChI=1S/C26H25ClN4O/c1-19-5-7-21(8-6-19)26(32)30-16-14-29(15-17-30)18-23-25(20-9-11-22(27)12-10-20)28-24-4-2-3-13-31(23)24/h2-13H,14-18H2,1H3. The number of carbonyl (C=O) groups is 1. The zero-order chi connectivity index (χ0) is 22.1. The van der Waals surface area contributed by atoms with Crippen molar-refractivity contribution in [3.05, 3.63) is 94.8 Å². The van der Waals surface area contributed by atoms with Crippen molar-refractivity contribution < 1.29 is 4.79 Å². The van der Waals surface area contributed by atoms with E-state index in [0.29, 0.717) is 5.02 Å². The van der Waals surface area contributed by atoms with Gasteiger partial charge in [-0.2, -0.15) is 0 Å². The van der Waals surface area contributed by atoms with Crippen molar-refractivity contribution in [2.75, 3.05) is 26.2 Å². The normalized spacial score (nSPS) is 14.8. The number of imidazole rings is 1. The monoisotopic (exact) mass is 444 g/mol. The predicted octanol–water partition coefficient (Wildman–Crippen LogP) is 4.92. The third-order valence-corrected chi connectivity index (χ3v) is 6.33. The lowest BCUT2D eigenvalue weighted by molar-refractivity contribution is 0.0627. The third kappa shape index (κ3) is 4.14. The van der Waals surface area contributed by atoms with Crippen molar-refractivity contribution in [1.29, 1.82) is 0 Å². The van der Waals surface area contributed by atoms with E-state index < -0.39 is 0 Å². The van der Waals surface area contributed by atoms with Crippen LogP contribution in [0.1, 0.15) is 21.6 Å². The number of rotatable bonds is 4. The van der Waals surface area contributed by atoms with E-state index in [9.17, 15) is 4.79 Å². The zero-order valence-electron chi connectivity index (χ0n) is 18.0. The highest BCUT2D eigenvalue weighted by Crippen LogP contribution is 2.27. The van der Waals surface area contributed by atoms with Gasteiger partial charge in [0.1, 0.15) is 5.65 Å². The first kappa shape index (κ1) is 20.7. The predicted molar refractivity (Wildman–Crippen MR) is 128 cm³/mol. The molecule has 1 amide bonds. The Balaban J connectivity index is 1.34. The van der Waals surface area contributed by atoms with Crippen LogP contribution in [-0.4, -0.2) is 51.3 Å². The molecule has 5 nitrogen and oxygen atoms in total. The van der Waals surface area contributed by atoms with Crippen LogP contribution >= 0.6 is 11.6 Å². The number of aryl methyl sites for hydroxylation is 1. The van der Waals surface area contributed by atoms with Gasteiger partial charge in [-0.1, -0.05) is 47.5 Å². The van der Waals surface area contributed by atoms with Gasteiger partial charge in [-0.05, 0) is 43.3 Å². The number of aromatic nitrogens is 2. The molecular formula is C26H25ClN4O. The number of amides is 1. The molecule has 162 valence electrons. The number of nitrogens with zero attached hydrogens (tertiary/aromatic N) is 4. The molecule has 0 N–H and O–H groups in total. The number of hydrogen-bond acceptors (Lipinski definition) is 3. The number of piperazine rings is 1. The van der Waals surface area contributed by atoms with Gasteiger partial charge in [0.2, 0.25) is 0 Å². The number of halogens is 1. The minimum absolute atomic E-state index is 0.112. The summed E-state index contributed by atoms with van der Waals surface area (Å²) in [5.74, 6) is 0.112. The van der Waals surface area contributed by atoms with Gasteiger partial charge in [-0.25, -0.2) is 4.98 Å². The van der Waals surface area contributed by atoms with Crippen LogP contribution in [0.3, 0.4) is 0 Å². The first-order valence-corrected chi connectivity index (χ1v) is 11.3. The maximum Gasteiger partial charge on any atom is 0.253 e. The Morgan fingerprint density at radius 3 is 2.38 bits per heavy atom. The summed E-state index contributed by atoms with van der Waals surface area (Å²) in [5.41, 5.74) is 6.04. The van der Waals surface area contributed by atoms with E-state index in [2.05, 4.69) is 15.5 Å². The van der Waals surface area contributed by atoms with Gasteiger partial charge >= 0.3 is 0 Å². The average molecular weight is 445 g/mol.